The maximum absolute atomic E-state index is 5.96. The smallest absolute Gasteiger partial charge is 0.126 e. The summed E-state index contributed by atoms with van der Waals surface area (Å²) in [6.07, 6.45) is 3.64. The highest BCUT2D eigenvalue weighted by Gasteiger charge is 2.34. The monoisotopic (exact) mass is 334 g/mol. The van der Waals surface area contributed by atoms with Gasteiger partial charge in [-0.1, -0.05) is 29.8 Å². The number of nitrogens with one attached hydrogen (secondary N) is 1. The quantitative estimate of drug-likeness (QED) is 0.691. The summed E-state index contributed by atoms with van der Waals surface area (Å²) in [6.45, 7) is 11.3. The van der Waals surface area contributed by atoms with Crippen LogP contribution >= 0.6 is 0 Å². The molecule has 1 fully saturated rings. The highest BCUT2D eigenvalue weighted by atomic mass is 16.5. The summed E-state index contributed by atoms with van der Waals surface area (Å²) in [7, 11) is 4.46. The zero-order valence-corrected chi connectivity index (χ0v) is 16.4. The van der Waals surface area contributed by atoms with Crippen LogP contribution in [0.15, 0.2) is 24.3 Å². The van der Waals surface area contributed by atoms with E-state index in [1.165, 1.54) is 54.9 Å². The second-order valence-corrected chi connectivity index (χ2v) is 8.49. The number of likely N-dealkylation sites (N-methyl/N-ethyl adjacent to an activating group) is 1. The molecule has 2 rings (SSSR count). The molecule has 0 bridgehead atoms. The molecule has 0 amide bonds. The zero-order valence-electron chi connectivity index (χ0n) is 16.4. The first kappa shape index (κ1) is 19.4. The predicted molar refractivity (Wildman–Crippen MR) is 101 cm³/mol. The first-order valence-electron chi connectivity index (χ1n) is 9.68. The van der Waals surface area contributed by atoms with Gasteiger partial charge < -0.3 is 15.0 Å². The van der Waals surface area contributed by atoms with Crippen molar-refractivity contribution in [2.24, 2.45) is 5.92 Å². The van der Waals surface area contributed by atoms with Crippen LogP contribution in [-0.2, 0) is 4.74 Å². The Morgan fingerprint density at radius 3 is 2.54 bits per heavy atom. The van der Waals surface area contributed by atoms with Crippen LogP contribution in [-0.4, -0.2) is 45.9 Å². The number of rotatable bonds is 8. The molecular weight excluding hydrogens is 296 g/mol. The highest BCUT2D eigenvalue weighted by Crippen LogP contribution is 2.39. The lowest BCUT2D eigenvalue weighted by Gasteiger charge is -2.39. The Kier molecular flexibility index (Phi) is 7.27. The first-order valence-corrected chi connectivity index (χ1v) is 9.68. The summed E-state index contributed by atoms with van der Waals surface area (Å²) in [5.41, 5.74) is 2.91. The Hall–Kier alpha value is -0.900. The number of aryl methyl sites for hydroxylation is 1. The maximum atomic E-state index is 5.96. The van der Waals surface area contributed by atoms with Crippen LogP contribution in [0.1, 0.15) is 50.2 Å². The van der Waals surface area contributed by atoms with E-state index in [0.29, 0.717) is 5.92 Å². The second kappa shape index (κ2) is 8.98. The standard InChI is InChI=1S/C21H36N2O/c1-17-6-8-18(9-7-17)20(10-12-22-13-14-23(4)5)19-11-15-24-21(2,3)16-19/h6-9,19-20,22H,10-16H2,1-5H3/p+2/t19-,20-/m0/s1. The fourth-order valence-corrected chi connectivity index (χ4v) is 3.94. The van der Waals surface area contributed by atoms with Crippen LogP contribution in [0.2, 0.25) is 0 Å². The van der Waals surface area contributed by atoms with E-state index in [1.54, 1.807) is 0 Å². The molecule has 1 aromatic rings. The van der Waals surface area contributed by atoms with Gasteiger partial charge in [-0.25, -0.2) is 0 Å². The lowest BCUT2D eigenvalue weighted by molar-refractivity contribution is -0.874. The first-order chi connectivity index (χ1) is 11.4. The van der Waals surface area contributed by atoms with Gasteiger partial charge in [-0.05, 0) is 51.0 Å². The Morgan fingerprint density at radius 2 is 1.92 bits per heavy atom. The Morgan fingerprint density at radius 1 is 1.21 bits per heavy atom. The van der Waals surface area contributed by atoms with Crippen molar-refractivity contribution in [2.75, 3.05) is 40.3 Å². The SMILES string of the molecule is Cc1ccc([C@H](CC[NH2+]CC[NH+](C)C)[C@H]2CCOC(C)(C)C2)cc1. The van der Waals surface area contributed by atoms with E-state index < -0.39 is 0 Å². The van der Waals surface area contributed by atoms with Crippen LogP contribution in [0.4, 0.5) is 0 Å². The van der Waals surface area contributed by atoms with E-state index >= 15 is 0 Å². The van der Waals surface area contributed by atoms with Gasteiger partial charge in [0.1, 0.15) is 13.1 Å². The summed E-state index contributed by atoms with van der Waals surface area (Å²) in [5.74, 6) is 1.40. The van der Waals surface area contributed by atoms with Gasteiger partial charge in [0.2, 0.25) is 0 Å². The Balaban J connectivity index is 2.00. The van der Waals surface area contributed by atoms with Gasteiger partial charge in [0, 0.05) is 13.0 Å². The average molecular weight is 335 g/mol. The van der Waals surface area contributed by atoms with Crippen molar-refractivity contribution in [2.45, 2.75) is 51.6 Å². The van der Waals surface area contributed by atoms with Crippen molar-refractivity contribution in [3.63, 3.8) is 0 Å². The van der Waals surface area contributed by atoms with Gasteiger partial charge >= 0.3 is 0 Å². The van der Waals surface area contributed by atoms with Crippen LogP contribution in [0.25, 0.3) is 0 Å². The Bertz CT molecular complexity index is 481. The zero-order chi connectivity index (χ0) is 17.6. The predicted octanol–water partition coefficient (Wildman–Crippen LogP) is 1.38. The van der Waals surface area contributed by atoms with Gasteiger partial charge in [0.05, 0.1) is 26.2 Å². The number of hydrogen-bond donors (Lipinski definition) is 2. The number of hydrogen-bond acceptors (Lipinski definition) is 1. The molecule has 1 aliphatic rings. The summed E-state index contributed by atoms with van der Waals surface area (Å²) < 4.78 is 5.96. The van der Waals surface area contributed by atoms with E-state index in [-0.39, 0.29) is 5.60 Å². The molecule has 3 N–H and O–H groups in total. The molecule has 0 radical (unpaired) electrons. The molecule has 1 heterocycles. The minimum Gasteiger partial charge on any atom is -0.376 e. The summed E-state index contributed by atoms with van der Waals surface area (Å²) in [5, 5.41) is 2.50. The molecule has 0 spiro atoms. The van der Waals surface area contributed by atoms with Crippen LogP contribution in [0.3, 0.4) is 0 Å². The van der Waals surface area contributed by atoms with Gasteiger partial charge in [0.25, 0.3) is 0 Å². The maximum Gasteiger partial charge on any atom is 0.126 e. The third kappa shape index (κ3) is 6.19. The Labute approximate surface area is 148 Å². The molecule has 3 nitrogen and oxygen atoms in total. The topological polar surface area (TPSA) is 30.3 Å². The second-order valence-electron chi connectivity index (χ2n) is 8.49. The van der Waals surface area contributed by atoms with Crippen molar-refractivity contribution in [3.05, 3.63) is 35.4 Å². The largest absolute Gasteiger partial charge is 0.376 e. The molecule has 3 heteroatoms. The molecule has 0 saturated carbocycles. The fourth-order valence-electron chi connectivity index (χ4n) is 3.94. The molecule has 2 atom stereocenters. The number of nitrogens with two attached hydrogens (primary N) is 1. The van der Waals surface area contributed by atoms with Crippen LogP contribution in [0.5, 0.6) is 0 Å². The van der Waals surface area contributed by atoms with E-state index in [1.807, 2.05) is 0 Å². The molecule has 1 saturated heterocycles. The molecule has 136 valence electrons. The van der Waals surface area contributed by atoms with Crippen molar-refractivity contribution >= 4 is 0 Å². The lowest BCUT2D eigenvalue weighted by Crippen LogP contribution is -3.09. The van der Waals surface area contributed by atoms with E-state index in [0.717, 1.165) is 12.5 Å². The number of quaternary nitrogens is 2. The van der Waals surface area contributed by atoms with Gasteiger partial charge in [-0.2, -0.15) is 0 Å². The normalized spacial score (nSPS) is 21.8. The molecule has 0 aliphatic carbocycles. The molecule has 1 aliphatic heterocycles. The minimum absolute atomic E-state index is 0.0316. The van der Waals surface area contributed by atoms with Crippen molar-refractivity contribution in [1.29, 1.82) is 0 Å². The van der Waals surface area contributed by atoms with Crippen molar-refractivity contribution in [1.82, 2.24) is 0 Å². The number of ether oxygens (including phenoxy) is 1. The molecule has 0 aromatic heterocycles. The molecule has 24 heavy (non-hydrogen) atoms. The minimum atomic E-state index is 0.0316. The van der Waals surface area contributed by atoms with Crippen molar-refractivity contribution < 1.29 is 15.0 Å². The van der Waals surface area contributed by atoms with Gasteiger partial charge in [-0.15, -0.1) is 0 Å². The summed E-state index contributed by atoms with van der Waals surface area (Å²) in [6, 6.07) is 9.25. The fraction of sp³-hybridized carbons (Fsp3) is 0.714. The number of benzene rings is 1. The summed E-state index contributed by atoms with van der Waals surface area (Å²) >= 11 is 0. The van der Waals surface area contributed by atoms with E-state index in [4.69, 9.17) is 4.74 Å². The molecule has 0 unspecified atom stereocenters. The van der Waals surface area contributed by atoms with Crippen molar-refractivity contribution in [3.8, 4) is 0 Å². The van der Waals surface area contributed by atoms with Gasteiger partial charge in [0.15, 0.2) is 0 Å². The summed E-state index contributed by atoms with van der Waals surface area (Å²) in [4.78, 5) is 1.53. The van der Waals surface area contributed by atoms with Crippen LogP contribution in [0, 0.1) is 12.8 Å². The van der Waals surface area contributed by atoms with E-state index in [2.05, 4.69) is 64.4 Å². The van der Waals surface area contributed by atoms with E-state index in [9.17, 15) is 0 Å². The lowest BCUT2D eigenvalue weighted by atomic mass is 9.75. The third-order valence-electron chi connectivity index (χ3n) is 5.34. The van der Waals surface area contributed by atoms with Gasteiger partial charge in [-0.3, -0.25) is 0 Å². The highest BCUT2D eigenvalue weighted by molar-refractivity contribution is 5.25. The molecular formula is C21H38N2O+2. The average Bonchev–Trinajstić information content (AvgIpc) is 2.51. The third-order valence-corrected chi connectivity index (χ3v) is 5.34. The van der Waals surface area contributed by atoms with Crippen LogP contribution < -0.4 is 10.2 Å². The molecule has 1 aromatic carbocycles.